The number of carbonyl (C=O) groups is 1. The van der Waals surface area contributed by atoms with E-state index in [0.717, 1.165) is 24.3 Å². The summed E-state index contributed by atoms with van der Waals surface area (Å²) < 4.78 is 0. The number of aromatic nitrogens is 2. The molecular weight excluding hydrogens is 264 g/mol. The van der Waals surface area contributed by atoms with E-state index in [4.69, 9.17) is 0 Å². The Kier molecular flexibility index (Phi) is 5.26. The predicted molar refractivity (Wildman–Crippen MR) is 84.6 cm³/mol. The van der Waals surface area contributed by atoms with E-state index in [1.165, 1.54) is 0 Å². The third kappa shape index (κ3) is 3.56. The average Bonchev–Trinajstić information content (AvgIpc) is 2.55. The van der Waals surface area contributed by atoms with E-state index in [1.807, 2.05) is 25.1 Å². The van der Waals surface area contributed by atoms with Crippen molar-refractivity contribution in [2.45, 2.75) is 20.3 Å². The number of rotatable bonds is 6. The van der Waals surface area contributed by atoms with Crippen molar-refractivity contribution in [3.8, 4) is 0 Å². The Labute approximate surface area is 125 Å². The Morgan fingerprint density at radius 3 is 2.52 bits per heavy atom. The van der Waals surface area contributed by atoms with E-state index in [-0.39, 0.29) is 5.91 Å². The van der Waals surface area contributed by atoms with Crippen molar-refractivity contribution in [3.05, 3.63) is 48.5 Å². The first kappa shape index (κ1) is 15.0. The highest BCUT2D eigenvalue weighted by atomic mass is 16.2. The van der Waals surface area contributed by atoms with E-state index in [2.05, 4.69) is 22.2 Å². The molecule has 0 aliphatic heterocycles. The lowest BCUT2D eigenvalue weighted by molar-refractivity contribution is 0.0988. The molecule has 0 radical (unpaired) electrons. The first-order chi connectivity index (χ1) is 10.3. The number of hydrogen-bond donors (Lipinski definition) is 1. The van der Waals surface area contributed by atoms with Crippen LogP contribution in [0.4, 0.5) is 11.4 Å². The quantitative estimate of drug-likeness (QED) is 0.886. The zero-order chi connectivity index (χ0) is 15.1. The molecule has 110 valence electrons. The Balaban J connectivity index is 2.30. The molecule has 1 N–H and O–H groups in total. The van der Waals surface area contributed by atoms with E-state index >= 15 is 0 Å². The highest BCUT2D eigenvalue weighted by Gasteiger charge is 2.19. The molecule has 0 unspecified atom stereocenters. The summed E-state index contributed by atoms with van der Waals surface area (Å²) in [6.45, 7) is 5.45. The summed E-state index contributed by atoms with van der Waals surface area (Å²) in [5, 5.41) is 3.27. The molecule has 5 nitrogen and oxygen atoms in total. The molecule has 0 bridgehead atoms. The van der Waals surface area contributed by atoms with Crippen molar-refractivity contribution in [2.24, 2.45) is 0 Å². The standard InChI is InChI=1S/C16H20N4O/c1-3-8-19-15-7-11-18-12-14(15)16(21)20(4-2)13-5-9-17-10-6-13/h5-7,9-12H,3-4,8H2,1-2H3,(H,18,19). The van der Waals surface area contributed by atoms with Crippen LogP contribution in [0, 0.1) is 0 Å². The fraction of sp³-hybridized carbons (Fsp3) is 0.312. The van der Waals surface area contributed by atoms with Crippen LogP contribution in [0.15, 0.2) is 43.0 Å². The topological polar surface area (TPSA) is 58.1 Å². The summed E-state index contributed by atoms with van der Waals surface area (Å²) in [6.07, 6.45) is 7.68. The molecule has 2 aromatic rings. The van der Waals surface area contributed by atoms with E-state index in [9.17, 15) is 4.79 Å². The fourth-order valence-corrected chi connectivity index (χ4v) is 2.09. The minimum absolute atomic E-state index is 0.0598. The molecule has 2 rings (SSSR count). The highest BCUT2D eigenvalue weighted by molar-refractivity contribution is 6.09. The molecule has 0 atom stereocenters. The molecule has 2 aromatic heterocycles. The van der Waals surface area contributed by atoms with Crippen LogP contribution in [0.3, 0.4) is 0 Å². The normalized spacial score (nSPS) is 10.2. The van der Waals surface area contributed by atoms with Gasteiger partial charge in [0.05, 0.1) is 11.3 Å². The van der Waals surface area contributed by atoms with Crippen molar-refractivity contribution in [1.82, 2.24) is 9.97 Å². The molecular formula is C16H20N4O. The van der Waals surface area contributed by atoms with Crippen LogP contribution in [-0.2, 0) is 0 Å². The Hall–Kier alpha value is -2.43. The van der Waals surface area contributed by atoms with Gasteiger partial charge in [0.2, 0.25) is 0 Å². The number of amides is 1. The minimum Gasteiger partial charge on any atom is -0.384 e. The third-order valence-electron chi connectivity index (χ3n) is 3.15. The van der Waals surface area contributed by atoms with Gasteiger partial charge in [0.15, 0.2) is 0 Å². The molecule has 21 heavy (non-hydrogen) atoms. The molecule has 5 heteroatoms. The number of nitrogens with zero attached hydrogens (tertiary/aromatic N) is 3. The van der Waals surface area contributed by atoms with Crippen LogP contribution in [-0.4, -0.2) is 29.0 Å². The lowest BCUT2D eigenvalue weighted by Crippen LogP contribution is -2.31. The second-order valence-electron chi connectivity index (χ2n) is 4.60. The second kappa shape index (κ2) is 7.38. The predicted octanol–water partition coefficient (Wildman–Crippen LogP) is 2.97. The number of hydrogen-bond acceptors (Lipinski definition) is 4. The zero-order valence-corrected chi connectivity index (χ0v) is 12.4. The summed E-state index contributed by atoms with van der Waals surface area (Å²) in [5.41, 5.74) is 2.25. The van der Waals surface area contributed by atoms with Crippen LogP contribution in [0.25, 0.3) is 0 Å². The summed E-state index contributed by atoms with van der Waals surface area (Å²) in [6, 6.07) is 5.50. The van der Waals surface area contributed by atoms with Crippen molar-refractivity contribution >= 4 is 17.3 Å². The third-order valence-corrected chi connectivity index (χ3v) is 3.15. The largest absolute Gasteiger partial charge is 0.384 e. The monoisotopic (exact) mass is 284 g/mol. The number of nitrogens with one attached hydrogen (secondary N) is 1. The Bertz CT molecular complexity index is 586. The van der Waals surface area contributed by atoms with Crippen molar-refractivity contribution < 1.29 is 4.79 Å². The lowest BCUT2D eigenvalue weighted by atomic mass is 10.2. The molecule has 0 aliphatic rings. The first-order valence-electron chi connectivity index (χ1n) is 7.17. The van der Waals surface area contributed by atoms with E-state index in [1.54, 1.807) is 29.7 Å². The average molecular weight is 284 g/mol. The maximum absolute atomic E-state index is 12.8. The van der Waals surface area contributed by atoms with Crippen LogP contribution < -0.4 is 10.2 Å². The van der Waals surface area contributed by atoms with Crippen LogP contribution in [0.2, 0.25) is 0 Å². The molecule has 0 aliphatic carbocycles. The molecule has 0 saturated heterocycles. The maximum atomic E-state index is 12.8. The van der Waals surface area contributed by atoms with Gasteiger partial charge in [-0.15, -0.1) is 0 Å². The summed E-state index contributed by atoms with van der Waals surface area (Å²) in [4.78, 5) is 22.6. The minimum atomic E-state index is -0.0598. The number of pyridine rings is 2. The Morgan fingerprint density at radius 2 is 1.86 bits per heavy atom. The number of carbonyl (C=O) groups excluding carboxylic acids is 1. The summed E-state index contributed by atoms with van der Waals surface area (Å²) in [7, 11) is 0. The van der Waals surface area contributed by atoms with E-state index in [0.29, 0.717) is 12.1 Å². The molecule has 1 amide bonds. The number of anilines is 2. The van der Waals surface area contributed by atoms with Crippen molar-refractivity contribution in [2.75, 3.05) is 23.3 Å². The smallest absolute Gasteiger partial charge is 0.261 e. The molecule has 0 spiro atoms. The van der Waals surface area contributed by atoms with Crippen molar-refractivity contribution in [1.29, 1.82) is 0 Å². The van der Waals surface area contributed by atoms with Crippen LogP contribution in [0.1, 0.15) is 30.6 Å². The van der Waals surface area contributed by atoms with E-state index < -0.39 is 0 Å². The van der Waals surface area contributed by atoms with Gasteiger partial charge in [0.1, 0.15) is 0 Å². The first-order valence-corrected chi connectivity index (χ1v) is 7.17. The molecule has 2 heterocycles. The van der Waals surface area contributed by atoms with Gasteiger partial charge in [-0.05, 0) is 31.5 Å². The zero-order valence-electron chi connectivity index (χ0n) is 12.4. The van der Waals surface area contributed by atoms with Gasteiger partial charge in [-0.2, -0.15) is 0 Å². The summed E-state index contributed by atoms with van der Waals surface area (Å²) in [5.74, 6) is -0.0598. The van der Waals surface area contributed by atoms with Gasteiger partial charge in [-0.1, -0.05) is 6.92 Å². The molecule has 0 saturated carbocycles. The van der Waals surface area contributed by atoms with Crippen LogP contribution >= 0.6 is 0 Å². The lowest BCUT2D eigenvalue weighted by Gasteiger charge is -2.22. The van der Waals surface area contributed by atoms with Gasteiger partial charge in [0.25, 0.3) is 5.91 Å². The van der Waals surface area contributed by atoms with Gasteiger partial charge in [0, 0.05) is 43.6 Å². The second-order valence-corrected chi connectivity index (χ2v) is 4.60. The molecule has 0 aromatic carbocycles. The van der Waals surface area contributed by atoms with Gasteiger partial charge in [-0.3, -0.25) is 14.8 Å². The summed E-state index contributed by atoms with van der Waals surface area (Å²) >= 11 is 0. The highest BCUT2D eigenvalue weighted by Crippen LogP contribution is 2.20. The molecule has 0 fully saturated rings. The van der Waals surface area contributed by atoms with Gasteiger partial charge < -0.3 is 10.2 Å². The Morgan fingerprint density at radius 1 is 1.14 bits per heavy atom. The fourth-order valence-electron chi connectivity index (χ4n) is 2.09. The maximum Gasteiger partial charge on any atom is 0.261 e. The van der Waals surface area contributed by atoms with Gasteiger partial charge in [-0.25, -0.2) is 0 Å². The van der Waals surface area contributed by atoms with Crippen LogP contribution in [0.5, 0.6) is 0 Å². The van der Waals surface area contributed by atoms with Gasteiger partial charge >= 0.3 is 0 Å². The SMILES string of the molecule is CCCNc1ccncc1C(=O)N(CC)c1ccncc1. The van der Waals surface area contributed by atoms with Crippen molar-refractivity contribution in [3.63, 3.8) is 0 Å².